The summed E-state index contributed by atoms with van der Waals surface area (Å²) in [6.45, 7) is 0.688. The fraction of sp³-hybridized carbons (Fsp3) is 0.333. The number of carboxylic acids is 1. The van der Waals surface area contributed by atoms with Gasteiger partial charge in [-0.1, -0.05) is 0 Å². The quantitative estimate of drug-likeness (QED) is 0.679. The van der Waals surface area contributed by atoms with E-state index in [1.54, 1.807) is 12.1 Å². The van der Waals surface area contributed by atoms with E-state index in [0.29, 0.717) is 24.1 Å². The first-order chi connectivity index (χ1) is 8.65. The number of hydrogen-bond donors (Lipinski definition) is 3. The Morgan fingerprint density at radius 3 is 3.00 bits per heavy atom. The van der Waals surface area contributed by atoms with Crippen LogP contribution in [0.1, 0.15) is 19.3 Å². The number of unbranched alkanes of at least 4 members (excludes halogenated alkanes) is 1. The van der Waals surface area contributed by atoms with Crippen molar-refractivity contribution in [2.24, 2.45) is 0 Å². The number of aromatic nitrogens is 1. The molecule has 96 valence electrons. The average Bonchev–Trinajstić information content (AvgIpc) is 2.67. The lowest BCUT2D eigenvalue weighted by Gasteiger charge is -2.04. The average molecular weight is 250 g/mol. The van der Waals surface area contributed by atoms with Gasteiger partial charge < -0.3 is 14.8 Å². The molecule has 0 fully saturated rings. The van der Waals surface area contributed by atoms with E-state index < -0.39 is 11.7 Å². The van der Waals surface area contributed by atoms with Gasteiger partial charge in [0.15, 0.2) is 5.58 Å². The third kappa shape index (κ3) is 3.13. The fourth-order valence-corrected chi connectivity index (χ4v) is 1.69. The lowest BCUT2D eigenvalue weighted by atomic mass is 10.2. The van der Waals surface area contributed by atoms with Crippen molar-refractivity contribution in [2.45, 2.75) is 19.3 Å². The number of oxazole rings is 1. The largest absolute Gasteiger partial charge is 0.481 e. The number of nitrogens with one attached hydrogen (secondary N) is 2. The van der Waals surface area contributed by atoms with Crippen LogP contribution in [0.5, 0.6) is 0 Å². The second-order valence-corrected chi connectivity index (χ2v) is 4.00. The third-order valence-corrected chi connectivity index (χ3v) is 2.57. The first-order valence-corrected chi connectivity index (χ1v) is 5.74. The molecule has 1 aromatic carbocycles. The highest BCUT2D eigenvalue weighted by Crippen LogP contribution is 2.16. The highest BCUT2D eigenvalue weighted by atomic mass is 16.4. The van der Waals surface area contributed by atoms with Gasteiger partial charge in [0.2, 0.25) is 0 Å². The predicted molar refractivity (Wildman–Crippen MR) is 66.8 cm³/mol. The van der Waals surface area contributed by atoms with E-state index in [9.17, 15) is 9.59 Å². The zero-order chi connectivity index (χ0) is 13.0. The van der Waals surface area contributed by atoms with Crippen LogP contribution in [0.25, 0.3) is 11.1 Å². The van der Waals surface area contributed by atoms with Gasteiger partial charge in [0.1, 0.15) is 0 Å². The summed E-state index contributed by atoms with van der Waals surface area (Å²) in [5, 5.41) is 11.6. The molecule has 0 aliphatic carbocycles. The smallest absolute Gasteiger partial charge is 0.417 e. The molecule has 0 bridgehead atoms. The van der Waals surface area contributed by atoms with Crippen LogP contribution in [0.2, 0.25) is 0 Å². The zero-order valence-corrected chi connectivity index (χ0v) is 9.73. The summed E-state index contributed by atoms with van der Waals surface area (Å²) < 4.78 is 4.94. The van der Waals surface area contributed by atoms with Gasteiger partial charge in [-0.3, -0.25) is 9.78 Å². The summed E-state index contributed by atoms with van der Waals surface area (Å²) >= 11 is 0. The number of benzene rings is 1. The van der Waals surface area contributed by atoms with E-state index in [-0.39, 0.29) is 6.42 Å². The summed E-state index contributed by atoms with van der Waals surface area (Å²) in [4.78, 5) is 23.8. The molecule has 0 aliphatic heterocycles. The molecule has 0 atom stereocenters. The summed E-state index contributed by atoms with van der Waals surface area (Å²) in [5.41, 5.74) is 2.02. The maximum absolute atomic E-state index is 11.0. The topological polar surface area (TPSA) is 95.3 Å². The Morgan fingerprint density at radius 2 is 2.22 bits per heavy atom. The summed E-state index contributed by atoms with van der Waals surface area (Å²) in [7, 11) is 0. The molecule has 0 spiro atoms. The number of aliphatic carboxylic acids is 1. The summed E-state index contributed by atoms with van der Waals surface area (Å²) in [5.74, 6) is -1.24. The molecule has 18 heavy (non-hydrogen) atoms. The summed E-state index contributed by atoms with van der Waals surface area (Å²) in [6, 6.07) is 5.34. The van der Waals surface area contributed by atoms with Gasteiger partial charge in [0.05, 0.1) is 5.52 Å². The van der Waals surface area contributed by atoms with Crippen molar-refractivity contribution in [1.29, 1.82) is 0 Å². The zero-order valence-electron chi connectivity index (χ0n) is 9.73. The number of aromatic amines is 1. The Hall–Kier alpha value is -2.24. The van der Waals surface area contributed by atoms with Crippen molar-refractivity contribution in [3.05, 3.63) is 28.7 Å². The number of carbonyl (C=O) groups is 1. The molecule has 2 aromatic rings. The molecule has 1 heterocycles. The standard InChI is InChI=1S/C12H14N2O4/c15-11(16)3-1-2-6-13-8-4-5-9-10(7-8)18-12(17)14-9/h4-5,7,13H,1-3,6H2,(H,14,17)(H,15,16). The lowest BCUT2D eigenvalue weighted by molar-refractivity contribution is -0.137. The second kappa shape index (κ2) is 5.39. The van der Waals surface area contributed by atoms with Crippen LogP contribution < -0.4 is 11.1 Å². The molecular weight excluding hydrogens is 236 g/mol. The number of hydrogen-bond acceptors (Lipinski definition) is 4. The second-order valence-electron chi connectivity index (χ2n) is 4.00. The Morgan fingerprint density at radius 1 is 1.39 bits per heavy atom. The van der Waals surface area contributed by atoms with Gasteiger partial charge >= 0.3 is 11.7 Å². The van der Waals surface area contributed by atoms with Gasteiger partial charge in [-0.05, 0) is 25.0 Å². The Kier molecular flexibility index (Phi) is 3.66. The monoisotopic (exact) mass is 250 g/mol. The molecule has 6 heteroatoms. The number of H-pyrrole nitrogens is 1. The molecule has 0 saturated heterocycles. The van der Waals surface area contributed by atoms with Gasteiger partial charge in [0, 0.05) is 24.7 Å². The molecule has 3 N–H and O–H groups in total. The molecule has 0 saturated carbocycles. The first-order valence-electron chi connectivity index (χ1n) is 5.74. The van der Waals surface area contributed by atoms with Crippen molar-refractivity contribution in [3.63, 3.8) is 0 Å². The number of carboxylic acid groups (broad SMARTS) is 1. The van der Waals surface area contributed by atoms with Crippen LogP contribution in [0, 0.1) is 0 Å². The van der Waals surface area contributed by atoms with Gasteiger partial charge in [-0.25, -0.2) is 4.79 Å². The fourth-order valence-electron chi connectivity index (χ4n) is 1.69. The van der Waals surface area contributed by atoms with Crippen molar-refractivity contribution >= 4 is 22.8 Å². The molecule has 2 rings (SSSR count). The maximum Gasteiger partial charge on any atom is 0.417 e. The van der Waals surface area contributed by atoms with Crippen LogP contribution in [0.3, 0.4) is 0 Å². The van der Waals surface area contributed by atoms with Crippen molar-refractivity contribution in [1.82, 2.24) is 4.98 Å². The number of rotatable bonds is 6. The predicted octanol–water partition coefficient (Wildman–Crippen LogP) is 1.79. The van der Waals surface area contributed by atoms with E-state index >= 15 is 0 Å². The summed E-state index contributed by atoms with van der Waals surface area (Å²) in [6.07, 6.45) is 1.61. The van der Waals surface area contributed by atoms with E-state index in [0.717, 1.165) is 12.1 Å². The Bertz CT molecular complexity index is 599. The van der Waals surface area contributed by atoms with Gasteiger partial charge in [-0.2, -0.15) is 0 Å². The van der Waals surface area contributed by atoms with E-state index in [4.69, 9.17) is 9.52 Å². The highest BCUT2D eigenvalue weighted by molar-refractivity contribution is 5.76. The van der Waals surface area contributed by atoms with Gasteiger partial charge in [-0.15, -0.1) is 0 Å². The SMILES string of the molecule is O=C(O)CCCCNc1ccc2[nH]c(=O)oc2c1. The Balaban J connectivity index is 1.87. The van der Waals surface area contributed by atoms with Gasteiger partial charge in [0.25, 0.3) is 0 Å². The lowest BCUT2D eigenvalue weighted by Crippen LogP contribution is -2.02. The van der Waals surface area contributed by atoms with Crippen LogP contribution in [-0.2, 0) is 4.79 Å². The molecule has 6 nitrogen and oxygen atoms in total. The Labute approximate surface area is 103 Å². The van der Waals surface area contributed by atoms with Crippen molar-refractivity contribution in [2.75, 3.05) is 11.9 Å². The van der Waals surface area contributed by atoms with Crippen molar-refractivity contribution < 1.29 is 14.3 Å². The molecule has 1 aromatic heterocycles. The molecule has 0 amide bonds. The third-order valence-electron chi connectivity index (χ3n) is 2.57. The first kappa shape index (κ1) is 12.2. The van der Waals surface area contributed by atoms with E-state index in [1.807, 2.05) is 6.07 Å². The van der Waals surface area contributed by atoms with Crippen LogP contribution in [-0.4, -0.2) is 22.6 Å². The van der Waals surface area contributed by atoms with Crippen LogP contribution in [0.4, 0.5) is 5.69 Å². The minimum absolute atomic E-state index is 0.188. The van der Waals surface area contributed by atoms with Crippen LogP contribution >= 0.6 is 0 Å². The highest BCUT2D eigenvalue weighted by Gasteiger charge is 2.02. The number of fused-ring (bicyclic) bond motifs is 1. The van der Waals surface area contributed by atoms with E-state index in [2.05, 4.69) is 10.3 Å². The van der Waals surface area contributed by atoms with Crippen molar-refractivity contribution in [3.8, 4) is 0 Å². The molecule has 0 unspecified atom stereocenters. The minimum atomic E-state index is -0.773. The molecule has 0 radical (unpaired) electrons. The maximum atomic E-state index is 11.0. The van der Waals surface area contributed by atoms with Crippen LogP contribution in [0.15, 0.2) is 27.4 Å². The normalized spacial score (nSPS) is 10.7. The molecular formula is C12H14N2O4. The minimum Gasteiger partial charge on any atom is -0.481 e. The molecule has 0 aliphatic rings. The number of anilines is 1. The van der Waals surface area contributed by atoms with E-state index in [1.165, 1.54) is 0 Å².